The standard InChI is InChI=1S/C12H20N2/c1-4-8-14-12(5-2)11-7-6-9-13-10(11)3/h6-7,9,12,14H,4-5,8H2,1-3H3. The SMILES string of the molecule is CCCNC(CC)c1cccnc1C. The van der Waals surface area contributed by atoms with E-state index in [0.717, 1.165) is 18.7 Å². The van der Waals surface area contributed by atoms with Gasteiger partial charge in [0.15, 0.2) is 0 Å². The molecule has 0 amide bonds. The lowest BCUT2D eigenvalue weighted by Gasteiger charge is -2.18. The third-order valence-electron chi connectivity index (χ3n) is 2.47. The first-order valence-corrected chi connectivity index (χ1v) is 5.44. The van der Waals surface area contributed by atoms with Crippen LogP contribution in [0.3, 0.4) is 0 Å². The molecule has 0 aliphatic rings. The van der Waals surface area contributed by atoms with Crippen molar-refractivity contribution in [1.82, 2.24) is 10.3 Å². The summed E-state index contributed by atoms with van der Waals surface area (Å²) in [6.45, 7) is 7.55. The van der Waals surface area contributed by atoms with Crippen LogP contribution in [0, 0.1) is 6.92 Å². The third kappa shape index (κ3) is 2.81. The molecule has 0 bridgehead atoms. The van der Waals surface area contributed by atoms with E-state index in [2.05, 4.69) is 37.1 Å². The molecule has 0 aromatic carbocycles. The van der Waals surface area contributed by atoms with Crippen molar-refractivity contribution < 1.29 is 0 Å². The zero-order valence-electron chi connectivity index (χ0n) is 9.38. The maximum Gasteiger partial charge on any atom is 0.0420 e. The Kier molecular flexibility index (Phi) is 4.60. The molecule has 1 aromatic rings. The predicted octanol–water partition coefficient (Wildman–Crippen LogP) is 2.84. The summed E-state index contributed by atoms with van der Waals surface area (Å²) in [6, 6.07) is 4.64. The van der Waals surface area contributed by atoms with Gasteiger partial charge in [0.05, 0.1) is 0 Å². The lowest BCUT2D eigenvalue weighted by Crippen LogP contribution is -2.22. The summed E-state index contributed by atoms with van der Waals surface area (Å²) in [5, 5.41) is 3.54. The third-order valence-corrected chi connectivity index (χ3v) is 2.47. The highest BCUT2D eigenvalue weighted by Gasteiger charge is 2.10. The smallest absolute Gasteiger partial charge is 0.0420 e. The van der Waals surface area contributed by atoms with Crippen molar-refractivity contribution in [3.8, 4) is 0 Å². The number of hydrogen-bond donors (Lipinski definition) is 1. The molecule has 14 heavy (non-hydrogen) atoms. The molecular weight excluding hydrogens is 172 g/mol. The fourth-order valence-electron chi connectivity index (χ4n) is 1.66. The summed E-state index contributed by atoms with van der Waals surface area (Å²) in [5.41, 5.74) is 2.48. The fourth-order valence-corrected chi connectivity index (χ4v) is 1.66. The minimum Gasteiger partial charge on any atom is -0.310 e. The van der Waals surface area contributed by atoms with Crippen molar-refractivity contribution in [2.45, 2.75) is 39.7 Å². The molecule has 0 aliphatic carbocycles. The first-order valence-electron chi connectivity index (χ1n) is 5.44. The van der Waals surface area contributed by atoms with Gasteiger partial charge in [-0.25, -0.2) is 0 Å². The number of hydrogen-bond acceptors (Lipinski definition) is 2. The van der Waals surface area contributed by atoms with E-state index in [0.29, 0.717) is 6.04 Å². The monoisotopic (exact) mass is 192 g/mol. The number of nitrogens with zero attached hydrogens (tertiary/aromatic N) is 1. The molecule has 1 heterocycles. The molecule has 0 fully saturated rings. The van der Waals surface area contributed by atoms with Crippen molar-refractivity contribution in [2.24, 2.45) is 0 Å². The summed E-state index contributed by atoms with van der Waals surface area (Å²) in [6.07, 6.45) is 4.15. The van der Waals surface area contributed by atoms with Crippen LogP contribution in [0.1, 0.15) is 44.0 Å². The predicted molar refractivity (Wildman–Crippen MR) is 60.3 cm³/mol. The second kappa shape index (κ2) is 5.76. The summed E-state index contributed by atoms with van der Waals surface area (Å²) in [7, 11) is 0. The van der Waals surface area contributed by atoms with Crippen LogP contribution in [0.5, 0.6) is 0 Å². The summed E-state index contributed by atoms with van der Waals surface area (Å²) in [4.78, 5) is 4.32. The van der Waals surface area contributed by atoms with Gasteiger partial charge in [-0.15, -0.1) is 0 Å². The molecule has 0 aliphatic heterocycles. The Balaban J connectivity index is 2.73. The lowest BCUT2D eigenvalue weighted by atomic mass is 10.0. The number of nitrogens with one attached hydrogen (secondary N) is 1. The van der Waals surface area contributed by atoms with Gasteiger partial charge in [-0.05, 0) is 37.9 Å². The summed E-state index contributed by atoms with van der Waals surface area (Å²) >= 11 is 0. The lowest BCUT2D eigenvalue weighted by molar-refractivity contribution is 0.514. The van der Waals surface area contributed by atoms with Crippen LogP contribution in [0.2, 0.25) is 0 Å². The van der Waals surface area contributed by atoms with Gasteiger partial charge in [-0.3, -0.25) is 4.98 Å². The van der Waals surface area contributed by atoms with E-state index in [1.165, 1.54) is 12.0 Å². The van der Waals surface area contributed by atoms with Gasteiger partial charge >= 0.3 is 0 Å². The van der Waals surface area contributed by atoms with E-state index in [-0.39, 0.29) is 0 Å². The van der Waals surface area contributed by atoms with Gasteiger partial charge in [0, 0.05) is 17.9 Å². The van der Waals surface area contributed by atoms with Gasteiger partial charge in [0.2, 0.25) is 0 Å². The van der Waals surface area contributed by atoms with Gasteiger partial charge in [-0.1, -0.05) is 19.9 Å². The average Bonchev–Trinajstić information content (AvgIpc) is 2.21. The fraction of sp³-hybridized carbons (Fsp3) is 0.583. The van der Waals surface area contributed by atoms with Crippen molar-refractivity contribution in [3.63, 3.8) is 0 Å². The molecule has 0 saturated carbocycles. The van der Waals surface area contributed by atoms with E-state index in [9.17, 15) is 0 Å². The second-order valence-corrected chi connectivity index (χ2v) is 3.59. The first kappa shape index (κ1) is 11.2. The van der Waals surface area contributed by atoms with Crippen LogP contribution in [0.15, 0.2) is 18.3 Å². The molecule has 1 rings (SSSR count). The van der Waals surface area contributed by atoms with E-state index in [4.69, 9.17) is 0 Å². The van der Waals surface area contributed by atoms with Crippen LogP contribution < -0.4 is 5.32 Å². The van der Waals surface area contributed by atoms with Crippen LogP contribution in [-0.2, 0) is 0 Å². The topological polar surface area (TPSA) is 24.9 Å². The minimum atomic E-state index is 0.462. The maximum atomic E-state index is 4.32. The Morgan fingerprint density at radius 1 is 1.43 bits per heavy atom. The van der Waals surface area contributed by atoms with Crippen molar-refractivity contribution >= 4 is 0 Å². The number of aromatic nitrogens is 1. The Morgan fingerprint density at radius 3 is 2.79 bits per heavy atom. The molecule has 1 N–H and O–H groups in total. The number of aryl methyl sites for hydroxylation is 1. The molecule has 1 aromatic heterocycles. The van der Waals surface area contributed by atoms with E-state index in [1.807, 2.05) is 12.3 Å². The zero-order valence-corrected chi connectivity index (χ0v) is 9.38. The Morgan fingerprint density at radius 2 is 2.21 bits per heavy atom. The number of rotatable bonds is 5. The molecule has 0 saturated heterocycles. The Hall–Kier alpha value is -0.890. The minimum absolute atomic E-state index is 0.462. The van der Waals surface area contributed by atoms with E-state index < -0.39 is 0 Å². The highest BCUT2D eigenvalue weighted by atomic mass is 14.9. The quantitative estimate of drug-likeness (QED) is 0.776. The summed E-state index contributed by atoms with van der Waals surface area (Å²) in [5.74, 6) is 0. The molecule has 2 heteroatoms. The molecule has 0 radical (unpaired) electrons. The summed E-state index contributed by atoms with van der Waals surface area (Å²) < 4.78 is 0. The molecule has 78 valence electrons. The molecule has 1 atom stereocenters. The van der Waals surface area contributed by atoms with Crippen LogP contribution in [0.4, 0.5) is 0 Å². The molecule has 2 nitrogen and oxygen atoms in total. The molecule has 1 unspecified atom stereocenters. The average molecular weight is 192 g/mol. The van der Waals surface area contributed by atoms with E-state index in [1.54, 1.807) is 0 Å². The molecule has 0 spiro atoms. The Bertz CT molecular complexity index is 271. The zero-order chi connectivity index (χ0) is 10.4. The van der Waals surface area contributed by atoms with Gasteiger partial charge in [0.25, 0.3) is 0 Å². The van der Waals surface area contributed by atoms with Crippen molar-refractivity contribution in [3.05, 3.63) is 29.6 Å². The molecular formula is C12H20N2. The van der Waals surface area contributed by atoms with Crippen molar-refractivity contribution in [2.75, 3.05) is 6.54 Å². The van der Waals surface area contributed by atoms with Gasteiger partial charge in [0.1, 0.15) is 0 Å². The normalized spacial score (nSPS) is 12.8. The second-order valence-electron chi connectivity index (χ2n) is 3.59. The Labute approximate surface area is 86.8 Å². The maximum absolute atomic E-state index is 4.32. The van der Waals surface area contributed by atoms with Crippen LogP contribution >= 0.6 is 0 Å². The largest absolute Gasteiger partial charge is 0.310 e. The highest BCUT2D eigenvalue weighted by Crippen LogP contribution is 2.18. The van der Waals surface area contributed by atoms with Crippen LogP contribution in [0.25, 0.3) is 0 Å². The highest BCUT2D eigenvalue weighted by molar-refractivity contribution is 5.22. The van der Waals surface area contributed by atoms with Crippen LogP contribution in [-0.4, -0.2) is 11.5 Å². The first-order chi connectivity index (χ1) is 6.79. The van der Waals surface area contributed by atoms with Gasteiger partial charge < -0.3 is 5.32 Å². The van der Waals surface area contributed by atoms with E-state index >= 15 is 0 Å². The van der Waals surface area contributed by atoms with Gasteiger partial charge in [-0.2, -0.15) is 0 Å². The number of pyridine rings is 1. The van der Waals surface area contributed by atoms with Crippen molar-refractivity contribution in [1.29, 1.82) is 0 Å².